The van der Waals surface area contributed by atoms with Gasteiger partial charge in [-0.15, -0.1) is 0 Å². The van der Waals surface area contributed by atoms with Gasteiger partial charge >= 0.3 is 0 Å². The molecule has 0 heterocycles. The second-order valence-electron chi connectivity index (χ2n) is 6.76. The van der Waals surface area contributed by atoms with E-state index in [4.69, 9.17) is 5.73 Å². The molecule has 2 amide bonds. The summed E-state index contributed by atoms with van der Waals surface area (Å²) in [4.78, 5) is 34.9. The van der Waals surface area contributed by atoms with Crippen LogP contribution in [0.1, 0.15) is 87.9 Å². The zero-order chi connectivity index (χ0) is 19.2. The number of hydrogen-bond donors (Lipinski definition) is 2. The number of benzene rings is 1. The molecule has 0 saturated carbocycles. The number of nitrogens with two attached hydrogens (primary N) is 1. The highest BCUT2D eigenvalue weighted by Crippen LogP contribution is 2.12. The number of hydrogen-bond acceptors (Lipinski definition) is 3. The first-order valence-electron chi connectivity index (χ1n) is 9.74. The molecule has 0 radical (unpaired) electrons. The maximum Gasteiger partial charge on any atom is 0.248 e. The van der Waals surface area contributed by atoms with Crippen molar-refractivity contribution in [3.63, 3.8) is 0 Å². The van der Waals surface area contributed by atoms with Gasteiger partial charge in [-0.2, -0.15) is 0 Å². The fourth-order valence-corrected chi connectivity index (χ4v) is 2.82. The van der Waals surface area contributed by atoms with E-state index in [0.29, 0.717) is 36.9 Å². The van der Waals surface area contributed by atoms with Crippen LogP contribution in [0.2, 0.25) is 0 Å². The highest BCUT2D eigenvalue weighted by Gasteiger charge is 2.07. The third kappa shape index (κ3) is 9.97. The second-order valence-corrected chi connectivity index (χ2v) is 6.76. The van der Waals surface area contributed by atoms with Gasteiger partial charge in [0.25, 0.3) is 0 Å². The molecule has 0 aromatic heterocycles. The van der Waals surface area contributed by atoms with E-state index in [1.165, 1.54) is 32.1 Å². The summed E-state index contributed by atoms with van der Waals surface area (Å²) in [7, 11) is 0. The lowest BCUT2D eigenvalue weighted by atomic mass is 10.0. The fourth-order valence-electron chi connectivity index (χ4n) is 2.82. The summed E-state index contributed by atoms with van der Waals surface area (Å²) in [6.45, 7) is 2.21. The van der Waals surface area contributed by atoms with Crippen LogP contribution in [0.5, 0.6) is 0 Å². The Morgan fingerprint density at radius 1 is 0.885 bits per heavy atom. The minimum Gasteiger partial charge on any atom is -0.366 e. The molecule has 1 aromatic carbocycles. The van der Waals surface area contributed by atoms with Crippen LogP contribution in [-0.2, 0) is 9.59 Å². The number of carbonyl (C=O) groups is 3. The molecule has 0 bridgehead atoms. The van der Waals surface area contributed by atoms with Crippen molar-refractivity contribution >= 4 is 23.3 Å². The fraction of sp³-hybridized carbons (Fsp3) is 0.571. The molecule has 5 nitrogen and oxygen atoms in total. The highest BCUT2D eigenvalue weighted by molar-refractivity contribution is 5.96. The summed E-state index contributed by atoms with van der Waals surface area (Å²) in [6.07, 6.45) is 10.3. The topological polar surface area (TPSA) is 89.3 Å². The molecule has 0 spiro atoms. The molecule has 0 unspecified atom stereocenters. The van der Waals surface area contributed by atoms with E-state index < -0.39 is 5.91 Å². The first-order chi connectivity index (χ1) is 12.5. The first-order valence-corrected chi connectivity index (χ1v) is 9.74. The minimum atomic E-state index is -0.531. The Balaban J connectivity index is 2.12. The van der Waals surface area contributed by atoms with Crippen LogP contribution in [-0.4, -0.2) is 17.6 Å². The van der Waals surface area contributed by atoms with Gasteiger partial charge in [-0.3, -0.25) is 14.4 Å². The quantitative estimate of drug-likeness (QED) is 0.475. The summed E-state index contributed by atoms with van der Waals surface area (Å²) in [5.74, 6) is -0.450. The molecule has 1 rings (SSSR count). The molecule has 0 aliphatic rings. The van der Waals surface area contributed by atoms with Gasteiger partial charge in [-0.25, -0.2) is 0 Å². The normalized spacial score (nSPS) is 10.5. The van der Waals surface area contributed by atoms with Crippen LogP contribution < -0.4 is 11.1 Å². The molecule has 0 atom stereocenters. The standard InChI is InChI=1S/C21H32N2O3/c1-2-3-4-5-6-7-8-13-19(24)14-10-15-20(25)23-18-12-9-11-17(16-18)21(22)26/h9,11-12,16H,2-8,10,13-15H2,1H3,(H2,22,26)(H,23,25). The van der Waals surface area contributed by atoms with E-state index in [1.54, 1.807) is 24.3 Å². The van der Waals surface area contributed by atoms with E-state index in [0.717, 1.165) is 12.8 Å². The van der Waals surface area contributed by atoms with Gasteiger partial charge in [-0.1, -0.05) is 51.5 Å². The number of amides is 2. The maximum atomic E-state index is 11.9. The zero-order valence-electron chi connectivity index (χ0n) is 15.9. The predicted octanol–water partition coefficient (Wildman–Crippen LogP) is 4.60. The average Bonchev–Trinajstić information content (AvgIpc) is 2.61. The van der Waals surface area contributed by atoms with Gasteiger partial charge < -0.3 is 11.1 Å². The highest BCUT2D eigenvalue weighted by atomic mass is 16.2. The molecule has 0 aliphatic carbocycles. The Morgan fingerprint density at radius 2 is 1.54 bits per heavy atom. The Labute approximate surface area is 156 Å². The molecule has 3 N–H and O–H groups in total. The summed E-state index contributed by atoms with van der Waals surface area (Å²) in [5.41, 5.74) is 6.11. The third-order valence-corrected chi connectivity index (χ3v) is 4.35. The lowest BCUT2D eigenvalue weighted by Crippen LogP contribution is -2.14. The number of nitrogens with one attached hydrogen (secondary N) is 1. The van der Waals surface area contributed by atoms with Gasteiger partial charge in [-0.05, 0) is 31.0 Å². The molecule has 26 heavy (non-hydrogen) atoms. The maximum absolute atomic E-state index is 11.9. The summed E-state index contributed by atoms with van der Waals surface area (Å²) in [5, 5.41) is 2.73. The Hall–Kier alpha value is -2.17. The van der Waals surface area contributed by atoms with Crippen LogP contribution in [0.4, 0.5) is 5.69 Å². The number of unbranched alkanes of at least 4 members (excludes halogenated alkanes) is 6. The molecule has 1 aromatic rings. The van der Waals surface area contributed by atoms with Crippen molar-refractivity contribution in [2.45, 2.75) is 77.6 Å². The van der Waals surface area contributed by atoms with Crippen molar-refractivity contribution in [1.82, 2.24) is 0 Å². The van der Waals surface area contributed by atoms with Gasteiger partial charge in [0, 0.05) is 30.5 Å². The van der Waals surface area contributed by atoms with Crippen LogP contribution in [0.25, 0.3) is 0 Å². The van der Waals surface area contributed by atoms with Crippen molar-refractivity contribution in [3.05, 3.63) is 29.8 Å². The molecule has 5 heteroatoms. The number of anilines is 1. The van der Waals surface area contributed by atoms with Crippen LogP contribution in [0.3, 0.4) is 0 Å². The SMILES string of the molecule is CCCCCCCCCC(=O)CCCC(=O)Nc1cccc(C(N)=O)c1. The summed E-state index contributed by atoms with van der Waals surface area (Å²) in [6, 6.07) is 6.52. The molecular formula is C21H32N2O3. The zero-order valence-corrected chi connectivity index (χ0v) is 15.9. The van der Waals surface area contributed by atoms with Crippen molar-refractivity contribution in [1.29, 1.82) is 0 Å². The van der Waals surface area contributed by atoms with Crippen LogP contribution in [0.15, 0.2) is 24.3 Å². The monoisotopic (exact) mass is 360 g/mol. The smallest absolute Gasteiger partial charge is 0.248 e. The Morgan fingerprint density at radius 3 is 2.23 bits per heavy atom. The third-order valence-electron chi connectivity index (χ3n) is 4.35. The van der Waals surface area contributed by atoms with Crippen molar-refractivity contribution in [3.8, 4) is 0 Å². The largest absolute Gasteiger partial charge is 0.366 e. The predicted molar refractivity (Wildman–Crippen MR) is 105 cm³/mol. The molecule has 0 saturated heterocycles. The number of primary amides is 1. The Kier molecular flexibility index (Phi) is 11.0. The number of rotatable bonds is 14. The lowest BCUT2D eigenvalue weighted by molar-refractivity contribution is -0.119. The molecule has 0 fully saturated rings. The van der Waals surface area contributed by atoms with Gasteiger partial charge in [0.1, 0.15) is 5.78 Å². The van der Waals surface area contributed by atoms with E-state index in [9.17, 15) is 14.4 Å². The van der Waals surface area contributed by atoms with Gasteiger partial charge in [0.15, 0.2) is 0 Å². The van der Waals surface area contributed by atoms with E-state index in [2.05, 4.69) is 12.2 Å². The first kappa shape index (κ1) is 21.9. The minimum absolute atomic E-state index is 0.157. The van der Waals surface area contributed by atoms with Crippen molar-refractivity contribution in [2.24, 2.45) is 5.73 Å². The summed E-state index contributed by atoms with van der Waals surface area (Å²) < 4.78 is 0. The number of ketones is 1. The van der Waals surface area contributed by atoms with Crippen LogP contribution in [0, 0.1) is 0 Å². The molecule has 144 valence electrons. The van der Waals surface area contributed by atoms with Gasteiger partial charge in [0.2, 0.25) is 11.8 Å². The van der Waals surface area contributed by atoms with Crippen molar-refractivity contribution in [2.75, 3.05) is 5.32 Å². The lowest BCUT2D eigenvalue weighted by Gasteiger charge is -2.06. The Bertz CT molecular complexity index is 584. The van der Waals surface area contributed by atoms with Crippen LogP contribution >= 0.6 is 0 Å². The van der Waals surface area contributed by atoms with Gasteiger partial charge in [0.05, 0.1) is 0 Å². The molecule has 0 aliphatic heterocycles. The number of Topliss-reactive ketones (excluding diaryl/α,β-unsaturated/α-hetero) is 1. The number of carbonyl (C=O) groups excluding carboxylic acids is 3. The van der Waals surface area contributed by atoms with E-state index in [1.807, 2.05) is 0 Å². The average molecular weight is 360 g/mol. The van der Waals surface area contributed by atoms with Crippen molar-refractivity contribution < 1.29 is 14.4 Å². The molecular weight excluding hydrogens is 328 g/mol. The van der Waals surface area contributed by atoms with E-state index >= 15 is 0 Å². The second kappa shape index (κ2) is 13.1. The summed E-state index contributed by atoms with van der Waals surface area (Å²) >= 11 is 0. The van der Waals surface area contributed by atoms with E-state index in [-0.39, 0.29) is 11.7 Å².